The summed E-state index contributed by atoms with van der Waals surface area (Å²) in [5.41, 5.74) is 1.91. The lowest BCUT2D eigenvalue weighted by atomic mass is 9.95. The van der Waals surface area contributed by atoms with Crippen molar-refractivity contribution in [3.63, 3.8) is 0 Å². The van der Waals surface area contributed by atoms with Crippen LogP contribution in [0.15, 0.2) is 48.5 Å². The molecule has 2 atom stereocenters. The molecule has 3 rings (SSSR count). The van der Waals surface area contributed by atoms with Crippen molar-refractivity contribution in [2.75, 3.05) is 7.11 Å². The second kappa shape index (κ2) is 4.94. The number of aliphatic hydroxyl groups is 1. The molecule has 0 bridgehead atoms. The minimum Gasteiger partial charge on any atom is -0.497 e. The summed E-state index contributed by atoms with van der Waals surface area (Å²) < 4.78 is 11.2. The van der Waals surface area contributed by atoms with E-state index >= 15 is 0 Å². The van der Waals surface area contributed by atoms with Crippen LogP contribution in [0.25, 0.3) is 0 Å². The number of hydrogen-bond donors (Lipinski definition) is 1. The van der Waals surface area contributed by atoms with E-state index in [2.05, 4.69) is 0 Å². The fraction of sp³-hybridized carbons (Fsp3) is 0.250. The average Bonchev–Trinajstić information content (AvgIpc) is 2.47. The van der Waals surface area contributed by atoms with Crippen LogP contribution in [-0.4, -0.2) is 12.2 Å². The van der Waals surface area contributed by atoms with Crippen molar-refractivity contribution in [1.29, 1.82) is 0 Å². The van der Waals surface area contributed by atoms with Crippen LogP contribution in [0.3, 0.4) is 0 Å². The first-order chi connectivity index (χ1) is 9.28. The van der Waals surface area contributed by atoms with Gasteiger partial charge in [-0.1, -0.05) is 30.3 Å². The summed E-state index contributed by atoms with van der Waals surface area (Å²) >= 11 is 0. The lowest BCUT2D eigenvalue weighted by Crippen LogP contribution is -2.19. The molecule has 1 N–H and O–H groups in total. The highest BCUT2D eigenvalue weighted by Gasteiger charge is 2.28. The monoisotopic (exact) mass is 256 g/mol. The SMILES string of the molecule is COc1ccc2c(c1)OC(c1ccccc1)CC2O. The molecular weight excluding hydrogens is 240 g/mol. The van der Waals surface area contributed by atoms with Gasteiger partial charge in [0.1, 0.15) is 17.6 Å². The van der Waals surface area contributed by atoms with Gasteiger partial charge in [-0.2, -0.15) is 0 Å². The summed E-state index contributed by atoms with van der Waals surface area (Å²) in [5.74, 6) is 1.44. The number of fused-ring (bicyclic) bond motifs is 1. The molecule has 98 valence electrons. The lowest BCUT2D eigenvalue weighted by molar-refractivity contribution is 0.0655. The zero-order valence-corrected chi connectivity index (χ0v) is 10.7. The van der Waals surface area contributed by atoms with Crippen LogP contribution >= 0.6 is 0 Å². The van der Waals surface area contributed by atoms with E-state index in [-0.39, 0.29) is 6.10 Å². The first-order valence-corrected chi connectivity index (χ1v) is 6.35. The molecule has 0 saturated carbocycles. The number of hydrogen-bond acceptors (Lipinski definition) is 3. The van der Waals surface area contributed by atoms with Crippen molar-refractivity contribution >= 4 is 0 Å². The van der Waals surface area contributed by atoms with Gasteiger partial charge in [-0.25, -0.2) is 0 Å². The Hall–Kier alpha value is -2.00. The van der Waals surface area contributed by atoms with Gasteiger partial charge in [0.15, 0.2) is 0 Å². The zero-order valence-electron chi connectivity index (χ0n) is 10.7. The molecule has 1 aliphatic heterocycles. The smallest absolute Gasteiger partial charge is 0.129 e. The molecule has 19 heavy (non-hydrogen) atoms. The van der Waals surface area contributed by atoms with Gasteiger partial charge >= 0.3 is 0 Å². The molecule has 0 saturated heterocycles. The summed E-state index contributed by atoms with van der Waals surface area (Å²) in [4.78, 5) is 0. The third-order valence-electron chi connectivity index (χ3n) is 3.46. The van der Waals surface area contributed by atoms with Crippen molar-refractivity contribution in [3.05, 3.63) is 59.7 Å². The minimum absolute atomic E-state index is 0.115. The van der Waals surface area contributed by atoms with Crippen LogP contribution in [0.2, 0.25) is 0 Å². The predicted molar refractivity (Wildman–Crippen MR) is 72.4 cm³/mol. The molecule has 2 unspecified atom stereocenters. The maximum atomic E-state index is 10.2. The van der Waals surface area contributed by atoms with E-state index in [0.717, 1.165) is 16.9 Å². The van der Waals surface area contributed by atoms with Gasteiger partial charge in [-0.3, -0.25) is 0 Å². The lowest BCUT2D eigenvalue weighted by Gasteiger charge is -2.30. The second-order valence-electron chi connectivity index (χ2n) is 4.67. The predicted octanol–water partition coefficient (Wildman–Crippen LogP) is 3.25. The Morgan fingerprint density at radius 2 is 1.95 bits per heavy atom. The molecule has 0 fully saturated rings. The highest BCUT2D eigenvalue weighted by molar-refractivity contribution is 5.44. The van der Waals surface area contributed by atoms with Crippen LogP contribution in [0, 0.1) is 0 Å². The standard InChI is InChI=1S/C16H16O3/c1-18-12-7-8-13-14(17)10-15(19-16(13)9-12)11-5-3-2-4-6-11/h2-9,14-15,17H,10H2,1H3. The van der Waals surface area contributed by atoms with Crippen molar-refractivity contribution in [3.8, 4) is 11.5 Å². The van der Waals surface area contributed by atoms with E-state index in [9.17, 15) is 5.11 Å². The number of ether oxygens (including phenoxy) is 2. The maximum Gasteiger partial charge on any atom is 0.129 e. The summed E-state index contributed by atoms with van der Waals surface area (Å²) in [6.07, 6.45) is -0.0424. The van der Waals surface area contributed by atoms with Gasteiger partial charge < -0.3 is 14.6 Å². The minimum atomic E-state index is -0.500. The molecule has 3 nitrogen and oxygen atoms in total. The van der Waals surface area contributed by atoms with Crippen LogP contribution < -0.4 is 9.47 Å². The summed E-state index contributed by atoms with van der Waals surface area (Å²) in [6.45, 7) is 0. The number of benzene rings is 2. The molecule has 0 spiro atoms. The van der Waals surface area contributed by atoms with E-state index in [4.69, 9.17) is 9.47 Å². The van der Waals surface area contributed by atoms with E-state index in [1.165, 1.54) is 0 Å². The molecule has 2 aromatic carbocycles. The van der Waals surface area contributed by atoms with E-state index in [1.54, 1.807) is 7.11 Å². The van der Waals surface area contributed by atoms with Gasteiger partial charge in [0.05, 0.1) is 13.2 Å². The molecule has 1 aliphatic rings. The summed E-state index contributed by atoms with van der Waals surface area (Å²) in [6, 6.07) is 15.5. The van der Waals surface area contributed by atoms with Crippen molar-refractivity contribution in [2.45, 2.75) is 18.6 Å². The fourth-order valence-electron chi connectivity index (χ4n) is 2.42. The van der Waals surface area contributed by atoms with Gasteiger partial charge in [0.25, 0.3) is 0 Å². The van der Waals surface area contributed by atoms with Gasteiger partial charge in [0, 0.05) is 18.1 Å². The van der Waals surface area contributed by atoms with E-state index in [0.29, 0.717) is 12.2 Å². The molecule has 0 aliphatic carbocycles. The maximum absolute atomic E-state index is 10.2. The number of aliphatic hydroxyl groups excluding tert-OH is 1. The van der Waals surface area contributed by atoms with Crippen molar-refractivity contribution < 1.29 is 14.6 Å². The third-order valence-corrected chi connectivity index (χ3v) is 3.46. The van der Waals surface area contributed by atoms with Crippen LogP contribution in [-0.2, 0) is 0 Å². The second-order valence-corrected chi connectivity index (χ2v) is 4.67. The van der Waals surface area contributed by atoms with Crippen LogP contribution in [0.4, 0.5) is 0 Å². The first-order valence-electron chi connectivity index (χ1n) is 6.35. The highest BCUT2D eigenvalue weighted by atomic mass is 16.5. The van der Waals surface area contributed by atoms with E-state index in [1.807, 2.05) is 48.5 Å². The Bertz CT molecular complexity index is 565. The van der Waals surface area contributed by atoms with Gasteiger partial charge in [0.2, 0.25) is 0 Å². The van der Waals surface area contributed by atoms with Crippen molar-refractivity contribution in [1.82, 2.24) is 0 Å². The highest BCUT2D eigenvalue weighted by Crippen LogP contribution is 2.42. The Morgan fingerprint density at radius 1 is 1.16 bits per heavy atom. The largest absolute Gasteiger partial charge is 0.497 e. The topological polar surface area (TPSA) is 38.7 Å². The Balaban J connectivity index is 1.94. The Kier molecular flexibility index (Phi) is 3.13. The Morgan fingerprint density at radius 3 is 2.68 bits per heavy atom. The molecule has 0 amide bonds. The molecule has 3 heteroatoms. The molecule has 1 heterocycles. The molecule has 0 radical (unpaired) electrons. The zero-order chi connectivity index (χ0) is 13.2. The first kappa shape index (κ1) is 12.1. The molecule has 2 aromatic rings. The average molecular weight is 256 g/mol. The molecule has 0 aromatic heterocycles. The van der Waals surface area contributed by atoms with E-state index < -0.39 is 6.10 Å². The fourth-order valence-corrected chi connectivity index (χ4v) is 2.42. The third kappa shape index (κ3) is 2.29. The van der Waals surface area contributed by atoms with Crippen molar-refractivity contribution in [2.24, 2.45) is 0 Å². The summed E-state index contributed by atoms with van der Waals surface area (Å²) in [5, 5.41) is 10.2. The quantitative estimate of drug-likeness (QED) is 0.896. The van der Waals surface area contributed by atoms with Gasteiger partial charge in [-0.15, -0.1) is 0 Å². The normalized spacial score (nSPS) is 21.4. The van der Waals surface area contributed by atoms with Gasteiger partial charge in [-0.05, 0) is 17.7 Å². The Labute approximate surface area is 112 Å². The molecular formula is C16H16O3. The number of rotatable bonds is 2. The van der Waals surface area contributed by atoms with Crippen LogP contribution in [0.5, 0.6) is 11.5 Å². The van der Waals surface area contributed by atoms with Crippen LogP contribution in [0.1, 0.15) is 29.8 Å². The number of methoxy groups -OCH3 is 1. The summed E-state index contributed by atoms with van der Waals surface area (Å²) in [7, 11) is 1.62.